The Hall–Kier alpha value is -1.88. The molecule has 18 heavy (non-hydrogen) atoms. The minimum absolute atomic E-state index is 0.0152. The second-order valence-corrected chi connectivity index (χ2v) is 4.33. The van der Waals surface area contributed by atoms with Gasteiger partial charge >= 0.3 is 0 Å². The number of amides is 2. The Kier molecular flexibility index (Phi) is 5.32. The molecule has 5 nitrogen and oxygen atoms in total. The van der Waals surface area contributed by atoms with Crippen molar-refractivity contribution in [2.75, 3.05) is 10.6 Å². The van der Waals surface area contributed by atoms with Crippen LogP contribution in [0.15, 0.2) is 24.3 Å². The van der Waals surface area contributed by atoms with Gasteiger partial charge in [0.25, 0.3) is 0 Å². The van der Waals surface area contributed by atoms with Crippen molar-refractivity contribution >= 4 is 23.2 Å². The monoisotopic (exact) mass is 249 g/mol. The van der Waals surface area contributed by atoms with Crippen LogP contribution in [0, 0.1) is 0 Å². The van der Waals surface area contributed by atoms with E-state index in [1.54, 1.807) is 24.3 Å². The van der Waals surface area contributed by atoms with Crippen molar-refractivity contribution in [2.24, 2.45) is 5.73 Å². The predicted molar refractivity (Wildman–Crippen MR) is 72.3 cm³/mol. The molecule has 1 rings (SSSR count). The molecule has 0 spiro atoms. The number of nitrogens with one attached hydrogen (secondary N) is 2. The Balaban J connectivity index is 2.56. The molecule has 1 atom stereocenters. The summed E-state index contributed by atoms with van der Waals surface area (Å²) in [6, 6.07) is 7.03. The Morgan fingerprint density at radius 2 is 1.89 bits per heavy atom. The Morgan fingerprint density at radius 1 is 1.28 bits per heavy atom. The zero-order valence-corrected chi connectivity index (χ0v) is 10.7. The Morgan fingerprint density at radius 3 is 2.44 bits per heavy atom. The van der Waals surface area contributed by atoms with Crippen LogP contribution >= 0.6 is 0 Å². The first kappa shape index (κ1) is 14.2. The van der Waals surface area contributed by atoms with Crippen LogP contribution in [0.1, 0.15) is 26.7 Å². The summed E-state index contributed by atoms with van der Waals surface area (Å²) < 4.78 is 0. The van der Waals surface area contributed by atoms with Gasteiger partial charge in [-0.1, -0.05) is 6.07 Å². The molecule has 0 heterocycles. The van der Waals surface area contributed by atoms with Crippen LogP contribution in [0.2, 0.25) is 0 Å². The molecular formula is C13H19N3O2. The molecule has 0 aromatic heterocycles. The van der Waals surface area contributed by atoms with Gasteiger partial charge in [0.2, 0.25) is 11.8 Å². The number of rotatable bonds is 5. The zero-order chi connectivity index (χ0) is 13.5. The first-order chi connectivity index (χ1) is 8.47. The van der Waals surface area contributed by atoms with E-state index < -0.39 is 0 Å². The van der Waals surface area contributed by atoms with Crippen LogP contribution in [-0.4, -0.2) is 17.9 Å². The second kappa shape index (κ2) is 6.76. The van der Waals surface area contributed by atoms with E-state index in [9.17, 15) is 9.59 Å². The van der Waals surface area contributed by atoms with Crippen molar-refractivity contribution in [3.05, 3.63) is 24.3 Å². The lowest BCUT2D eigenvalue weighted by molar-refractivity contribution is -0.116. The molecule has 0 saturated carbocycles. The molecule has 1 aromatic carbocycles. The van der Waals surface area contributed by atoms with Crippen molar-refractivity contribution in [1.82, 2.24) is 0 Å². The SMILES string of the molecule is CC(=O)Nc1cccc(NC(=O)CCC(C)N)c1. The van der Waals surface area contributed by atoms with Crippen molar-refractivity contribution < 1.29 is 9.59 Å². The lowest BCUT2D eigenvalue weighted by Crippen LogP contribution is -2.19. The van der Waals surface area contributed by atoms with Gasteiger partial charge in [0.15, 0.2) is 0 Å². The quantitative estimate of drug-likeness (QED) is 0.742. The summed E-state index contributed by atoms with van der Waals surface area (Å²) in [4.78, 5) is 22.5. The standard InChI is InChI=1S/C13H19N3O2/c1-9(14)6-7-13(18)16-12-5-3-4-11(8-12)15-10(2)17/h3-5,8-9H,6-7,14H2,1-2H3,(H,15,17)(H,16,18). The van der Waals surface area contributed by atoms with Gasteiger partial charge in [0.1, 0.15) is 0 Å². The maximum atomic E-state index is 11.6. The van der Waals surface area contributed by atoms with E-state index in [1.807, 2.05) is 6.92 Å². The number of benzene rings is 1. The minimum Gasteiger partial charge on any atom is -0.328 e. The Labute approximate surface area is 107 Å². The summed E-state index contributed by atoms with van der Waals surface area (Å²) in [5, 5.41) is 5.42. The molecular weight excluding hydrogens is 230 g/mol. The number of nitrogens with two attached hydrogens (primary N) is 1. The number of hydrogen-bond acceptors (Lipinski definition) is 3. The van der Waals surface area contributed by atoms with Gasteiger partial charge in [-0.05, 0) is 31.5 Å². The fourth-order valence-corrected chi connectivity index (χ4v) is 1.46. The van der Waals surface area contributed by atoms with E-state index in [0.29, 0.717) is 24.2 Å². The number of carbonyl (C=O) groups excluding carboxylic acids is 2. The molecule has 0 fully saturated rings. The van der Waals surface area contributed by atoms with Crippen molar-refractivity contribution in [3.63, 3.8) is 0 Å². The maximum absolute atomic E-state index is 11.6. The van der Waals surface area contributed by atoms with Gasteiger partial charge < -0.3 is 16.4 Å². The Bertz CT molecular complexity index is 430. The molecule has 4 N–H and O–H groups in total. The second-order valence-electron chi connectivity index (χ2n) is 4.33. The predicted octanol–water partition coefficient (Wildman–Crippen LogP) is 1.71. The van der Waals surface area contributed by atoms with E-state index in [-0.39, 0.29) is 17.9 Å². The molecule has 0 saturated heterocycles. The third-order valence-electron chi connectivity index (χ3n) is 2.29. The first-order valence-electron chi connectivity index (χ1n) is 5.90. The van der Waals surface area contributed by atoms with E-state index in [0.717, 1.165) is 0 Å². The first-order valence-corrected chi connectivity index (χ1v) is 5.90. The van der Waals surface area contributed by atoms with Crippen LogP contribution in [0.3, 0.4) is 0 Å². The molecule has 0 aliphatic carbocycles. The topological polar surface area (TPSA) is 84.2 Å². The molecule has 5 heteroatoms. The summed E-state index contributed by atoms with van der Waals surface area (Å²) in [5.41, 5.74) is 6.91. The van der Waals surface area contributed by atoms with E-state index in [4.69, 9.17) is 5.73 Å². The van der Waals surface area contributed by atoms with E-state index in [1.165, 1.54) is 6.92 Å². The maximum Gasteiger partial charge on any atom is 0.224 e. The molecule has 0 bridgehead atoms. The van der Waals surface area contributed by atoms with E-state index >= 15 is 0 Å². The fourth-order valence-electron chi connectivity index (χ4n) is 1.46. The van der Waals surface area contributed by atoms with Gasteiger partial charge in [-0.3, -0.25) is 9.59 Å². The van der Waals surface area contributed by atoms with E-state index in [2.05, 4.69) is 10.6 Å². The highest BCUT2D eigenvalue weighted by Gasteiger charge is 2.05. The van der Waals surface area contributed by atoms with Crippen LogP contribution in [0.25, 0.3) is 0 Å². The highest BCUT2D eigenvalue weighted by molar-refractivity contribution is 5.93. The van der Waals surface area contributed by atoms with Gasteiger partial charge in [-0.2, -0.15) is 0 Å². The van der Waals surface area contributed by atoms with Crippen LogP contribution in [0.5, 0.6) is 0 Å². The molecule has 1 unspecified atom stereocenters. The molecule has 0 aliphatic rings. The number of hydrogen-bond donors (Lipinski definition) is 3. The zero-order valence-electron chi connectivity index (χ0n) is 10.7. The average molecular weight is 249 g/mol. The summed E-state index contributed by atoms with van der Waals surface area (Å²) in [5.74, 6) is -0.220. The fraction of sp³-hybridized carbons (Fsp3) is 0.385. The number of anilines is 2. The van der Waals surface area contributed by atoms with Crippen LogP contribution in [0.4, 0.5) is 11.4 Å². The summed E-state index contributed by atoms with van der Waals surface area (Å²) in [6.07, 6.45) is 1.04. The third kappa shape index (κ3) is 5.45. The molecule has 98 valence electrons. The summed E-state index contributed by atoms with van der Waals surface area (Å²) in [6.45, 7) is 3.30. The largest absolute Gasteiger partial charge is 0.328 e. The number of carbonyl (C=O) groups is 2. The van der Waals surface area contributed by atoms with Crippen LogP contribution < -0.4 is 16.4 Å². The summed E-state index contributed by atoms with van der Waals surface area (Å²) in [7, 11) is 0. The summed E-state index contributed by atoms with van der Waals surface area (Å²) >= 11 is 0. The average Bonchev–Trinajstić information content (AvgIpc) is 2.26. The molecule has 1 aromatic rings. The smallest absolute Gasteiger partial charge is 0.224 e. The molecule has 2 amide bonds. The van der Waals surface area contributed by atoms with Crippen LogP contribution in [-0.2, 0) is 9.59 Å². The van der Waals surface area contributed by atoms with Gasteiger partial charge in [0.05, 0.1) is 0 Å². The minimum atomic E-state index is -0.143. The van der Waals surface area contributed by atoms with Gasteiger partial charge in [0, 0.05) is 30.8 Å². The van der Waals surface area contributed by atoms with Crippen molar-refractivity contribution in [2.45, 2.75) is 32.7 Å². The lowest BCUT2D eigenvalue weighted by atomic mass is 10.2. The molecule has 0 radical (unpaired) electrons. The lowest BCUT2D eigenvalue weighted by Gasteiger charge is -2.08. The van der Waals surface area contributed by atoms with Crippen molar-refractivity contribution in [3.8, 4) is 0 Å². The van der Waals surface area contributed by atoms with Gasteiger partial charge in [-0.15, -0.1) is 0 Å². The normalized spacial score (nSPS) is 11.7. The molecule has 0 aliphatic heterocycles. The van der Waals surface area contributed by atoms with Crippen molar-refractivity contribution in [1.29, 1.82) is 0 Å². The highest BCUT2D eigenvalue weighted by atomic mass is 16.2. The highest BCUT2D eigenvalue weighted by Crippen LogP contribution is 2.15. The van der Waals surface area contributed by atoms with Gasteiger partial charge in [-0.25, -0.2) is 0 Å². The third-order valence-corrected chi connectivity index (χ3v) is 2.29.